The van der Waals surface area contributed by atoms with Gasteiger partial charge in [0.2, 0.25) is 5.95 Å². The lowest BCUT2D eigenvalue weighted by atomic mass is 10.2. The third-order valence-electron chi connectivity index (χ3n) is 3.65. The van der Waals surface area contributed by atoms with Crippen molar-refractivity contribution in [2.75, 3.05) is 5.32 Å². The number of carbonyl (C=O) groups excluding carboxylic acids is 1. The van der Waals surface area contributed by atoms with Gasteiger partial charge in [-0.25, -0.2) is 14.4 Å². The van der Waals surface area contributed by atoms with Crippen molar-refractivity contribution < 1.29 is 9.18 Å². The van der Waals surface area contributed by atoms with E-state index in [4.69, 9.17) is 11.6 Å². The van der Waals surface area contributed by atoms with E-state index < -0.39 is 0 Å². The smallest absolute Gasteiger partial charge is 0.270 e. The quantitative estimate of drug-likeness (QED) is 0.692. The van der Waals surface area contributed by atoms with Crippen LogP contribution in [0.25, 0.3) is 0 Å². The highest BCUT2D eigenvalue weighted by atomic mass is 35.5. The first-order chi connectivity index (χ1) is 12.6. The van der Waals surface area contributed by atoms with E-state index in [1.807, 2.05) is 12.1 Å². The van der Waals surface area contributed by atoms with Crippen LogP contribution in [0.5, 0.6) is 0 Å². The summed E-state index contributed by atoms with van der Waals surface area (Å²) in [5.74, 6) is -0.374. The Balaban J connectivity index is 1.60. The summed E-state index contributed by atoms with van der Waals surface area (Å²) in [7, 11) is 0. The average molecular weight is 371 g/mol. The molecular weight excluding hydrogens is 355 g/mol. The fourth-order valence-corrected chi connectivity index (χ4v) is 2.39. The van der Waals surface area contributed by atoms with Crippen molar-refractivity contribution >= 4 is 23.5 Å². The van der Waals surface area contributed by atoms with Gasteiger partial charge in [0.15, 0.2) is 0 Å². The van der Waals surface area contributed by atoms with Crippen LogP contribution in [0.1, 0.15) is 21.6 Å². The number of rotatable bonds is 6. The third kappa shape index (κ3) is 4.77. The summed E-state index contributed by atoms with van der Waals surface area (Å²) >= 11 is 5.84. The summed E-state index contributed by atoms with van der Waals surface area (Å²) in [6, 6.07) is 15.2. The minimum absolute atomic E-state index is 0.225. The Labute approximate surface area is 155 Å². The zero-order chi connectivity index (χ0) is 18.4. The Morgan fingerprint density at radius 2 is 1.81 bits per heavy atom. The Morgan fingerprint density at radius 3 is 2.58 bits per heavy atom. The van der Waals surface area contributed by atoms with Gasteiger partial charge in [-0.2, -0.15) is 0 Å². The van der Waals surface area contributed by atoms with E-state index in [9.17, 15) is 9.18 Å². The predicted octanol–water partition coefficient (Wildman–Crippen LogP) is 3.81. The van der Waals surface area contributed by atoms with Crippen LogP contribution in [0.2, 0.25) is 5.02 Å². The van der Waals surface area contributed by atoms with Gasteiger partial charge in [-0.1, -0.05) is 41.9 Å². The van der Waals surface area contributed by atoms with Crippen LogP contribution in [-0.2, 0) is 13.1 Å². The molecule has 1 aromatic heterocycles. The van der Waals surface area contributed by atoms with Crippen molar-refractivity contribution in [3.8, 4) is 0 Å². The minimum Gasteiger partial charge on any atom is -0.350 e. The molecule has 2 aromatic carbocycles. The molecule has 0 fully saturated rings. The summed E-state index contributed by atoms with van der Waals surface area (Å²) in [4.78, 5) is 20.5. The Kier molecular flexibility index (Phi) is 5.76. The van der Waals surface area contributed by atoms with Crippen LogP contribution < -0.4 is 10.6 Å². The molecule has 26 heavy (non-hydrogen) atoms. The molecule has 3 rings (SSSR count). The fourth-order valence-electron chi connectivity index (χ4n) is 2.26. The van der Waals surface area contributed by atoms with Crippen LogP contribution >= 0.6 is 11.6 Å². The third-order valence-corrected chi connectivity index (χ3v) is 3.90. The molecule has 0 unspecified atom stereocenters. The van der Waals surface area contributed by atoms with E-state index in [0.717, 1.165) is 5.56 Å². The number of nitrogens with zero attached hydrogens (tertiary/aromatic N) is 2. The Bertz CT molecular complexity index is 902. The highest BCUT2D eigenvalue weighted by Gasteiger charge is 2.09. The molecule has 3 aromatic rings. The van der Waals surface area contributed by atoms with Gasteiger partial charge < -0.3 is 10.6 Å². The molecule has 7 heteroatoms. The number of halogens is 2. The lowest BCUT2D eigenvalue weighted by Gasteiger charge is -2.08. The number of hydrogen-bond acceptors (Lipinski definition) is 4. The number of amides is 1. The van der Waals surface area contributed by atoms with Gasteiger partial charge in [0.1, 0.15) is 11.5 Å². The normalized spacial score (nSPS) is 10.4. The van der Waals surface area contributed by atoms with Gasteiger partial charge in [-0.05, 0) is 29.8 Å². The second-order valence-corrected chi connectivity index (χ2v) is 5.96. The van der Waals surface area contributed by atoms with E-state index >= 15 is 0 Å². The SMILES string of the molecule is O=C(NCc1ccc(Cl)cc1)c1ccnc(NCc2ccccc2F)n1. The first-order valence-corrected chi connectivity index (χ1v) is 8.32. The van der Waals surface area contributed by atoms with Crippen molar-refractivity contribution in [2.24, 2.45) is 0 Å². The maximum absolute atomic E-state index is 13.6. The lowest BCUT2D eigenvalue weighted by molar-refractivity contribution is 0.0946. The average Bonchev–Trinajstić information content (AvgIpc) is 2.67. The summed E-state index contributed by atoms with van der Waals surface area (Å²) < 4.78 is 13.6. The van der Waals surface area contributed by atoms with E-state index in [-0.39, 0.29) is 29.9 Å². The molecule has 5 nitrogen and oxygen atoms in total. The zero-order valence-electron chi connectivity index (χ0n) is 13.7. The maximum atomic E-state index is 13.6. The Morgan fingerprint density at radius 1 is 1.04 bits per heavy atom. The minimum atomic E-state index is -0.323. The molecule has 0 aliphatic heterocycles. The number of benzene rings is 2. The van der Waals surface area contributed by atoms with Crippen LogP contribution in [0.15, 0.2) is 60.8 Å². The molecule has 0 aliphatic carbocycles. The van der Waals surface area contributed by atoms with Gasteiger partial charge in [-0.15, -0.1) is 0 Å². The topological polar surface area (TPSA) is 66.9 Å². The van der Waals surface area contributed by atoms with E-state index in [0.29, 0.717) is 17.1 Å². The van der Waals surface area contributed by atoms with Gasteiger partial charge in [0, 0.05) is 29.9 Å². The molecule has 0 radical (unpaired) electrons. The molecule has 0 bridgehead atoms. The molecule has 132 valence electrons. The van der Waals surface area contributed by atoms with Crippen molar-refractivity contribution in [1.82, 2.24) is 15.3 Å². The molecule has 0 aliphatic rings. The van der Waals surface area contributed by atoms with Crippen LogP contribution in [0.4, 0.5) is 10.3 Å². The summed E-state index contributed by atoms with van der Waals surface area (Å²) in [6.07, 6.45) is 1.48. The van der Waals surface area contributed by atoms with Crippen molar-refractivity contribution in [3.63, 3.8) is 0 Å². The van der Waals surface area contributed by atoms with E-state index in [1.165, 1.54) is 18.3 Å². The number of anilines is 1. The largest absolute Gasteiger partial charge is 0.350 e. The molecule has 0 saturated carbocycles. The highest BCUT2D eigenvalue weighted by Crippen LogP contribution is 2.10. The van der Waals surface area contributed by atoms with Gasteiger partial charge >= 0.3 is 0 Å². The molecule has 0 spiro atoms. The van der Waals surface area contributed by atoms with Gasteiger partial charge in [0.05, 0.1) is 0 Å². The number of aromatic nitrogens is 2. The molecule has 2 N–H and O–H groups in total. The van der Waals surface area contributed by atoms with Crippen molar-refractivity contribution in [2.45, 2.75) is 13.1 Å². The summed E-state index contributed by atoms with van der Waals surface area (Å²) in [6.45, 7) is 0.584. The number of nitrogens with one attached hydrogen (secondary N) is 2. The van der Waals surface area contributed by atoms with Crippen LogP contribution in [0.3, 0.4) is 0 Å². The molecule has 1 heterocycles. The van der Waals surface area contributed by atoms with Gasteiger partial charge in [0.25, 0.3) is 5.91 Å². The standard InChI is InChI=1S/C19H16ClFN4O/c20-15-7-5-13(6-8-15)11-23-18(26)17-9-10-22-19(25-17)24-12-14-3-1-2-4-16(14)21/h1-10H,11-12H2,(H,23,26)(H,22,24,25). The van der Waals surface area contributed by atoms with Crippen molar-refractivity contribution in [1.29, 1.82) is 0 Å². The Hall–Kier alpha value is -2.99. The zero-order valence-corrected chi connectivity index (χ0v) is 14.5. The second kappa shape index (κ2) is 8.40. The molecule has 0 atom stereocenters. The first-order valence-electron chi connectivity index (χ1n) is 7.95. The summed E-state index contributed by atoms with van der Waals surface area (Å²) in [5.41, 5.74) is 1.65. The number of hydrogen-bond donors (Lipinski definition) is 2. The van der Waals surface area contributed by atoms with Crippen LogP contribution in [0, 0.1) is 5.82 Å². The monoisotopic (exact) mass is 370 g/mol. The predicted molar refractivity (Wildman–Crippen MR) is 98.4 cm³/mol. The highest BCUT2D eigenvalue weighted by molar-refractivity contribution is 6.30. The second-order valence-electron chi connectivity index (χ2n) is 5.52. The van der Waals surface area contributed by atoms with Crippen molar-refractivity contribution in [3.05, 3.63) is 88.5 Å². The van der Waals surface area contributed by atoms with Gasteiger partial charge in [-0.3, -0.25) is 4.79 Å². The van der Waals surface area contributed by atoms with E-state index in [1.54, 1.807) is 30.3 Å². The lowest BCUT2D eigenvalue weighted by Crippen LogP contribution is -2.24. The first kappa shape index (κ1) is 17.8. The van der Waals surface area contributed by atoms with E-state index in [2.05, 4.69) is 20.6 Å². The number of carbonyl (C=O) groups is 1. The molecule has 0 saturated heterocycles. The fraction of sp³-hybridized carbons (Fsp3) is 0.105. The molecular formula is C19H16ClFN4O. The van der Waals surface area contributed by atoms with Crippen LogP contribution in [-0.4, -0.2) is 15.9 Å². The maximum Gasteiger partial charge on any atom is 0.270 e. The summed E-state index contributed by atoms with van der Waals surface area (Å²) in [5, 5.41) is 6.35. The molecule has 1 amide bonds.